The van der Waals surface area contributed by atoms with Crippen molar-refractivity contribution in [1.29, 1.82) is 0 Å². The lowest BCUT2D eigenvalue weighted by Gasteiger charge is -2.29. The first-order valence-electron chi connectivity index (χ1n) is 11.0. The van der Waals surface area contributed by atoms with Gasteiger partial charge in [-0.1, -0.05) is 50.5 Å². The summed E-state index contributed by atoms with van der Waals surface area (Å²) in [6.07, 6.45) is 5.72. The van der Waals surface area contributed by atoms with Gasteiger partial charge >= 0.3 is 0 Å². The quantitative estimate of drug-likeness (QED) is 0.401. The van der Waals surface area contributed by atoms with Crippen molar-refractivity contribution >= 4 is 0 Å². The maximum absolute atomic E-state index is 14.8. The van der Waals surface area contributed by atoms with Crippen LogP contribution < -0.4 is 0 Å². The smallest absolute Gasteiger partial charge is 0.167 e. The van der Waals surface area contributed by atoms with Crippen LogP contribution >= 0.6 is 0 Å². The third-order valence-corrected chi connectivity index (χ3v) is 5.76. The third-order valence-electron chi connectivity index (χ3n) is 5.76. The van der Waals surface area contributed by atoms with Gasteiger partial charge in [0.15, 0.2) is 11.6 Å². The van der Waals surface area contributed by atoms with Crippen LogP contribution in [0.2, 0.25) is 0 Å². The Bertz CT molecular complexity index is 829. The second-order valence-electron chi connectivity index (χ2n) is 7.92. The van der Waals surface area contributed by atoms with E-state index in [0.717, 1.165) is 32.1 Å². The number of aryl methyl sites for hydroxylation is 1. The van der Waals surface area contributed by atoms with Crippen LogP contribution in [0.4, 0.5) is 13.2 Å². The molecule has 0 spiro atoms. The highest BCUT2D eigenvalue weighted by Gasteiger charge is 2.27. The van der Waals surface area contributed by atoms with Crippen molar-refractivity contribution in [1.82, 2.24) is 0 Å². The Balaban J connectivity index is 1.73. The van der Waals surface area contributed by atoms with E-state index in [4.69, 9.17) is 9.47 Å². The second kappa shape index (κ2) is 11.0. The second-order valence-corrected chi connectivity index (χ2v) is 7.92. The fourth-order valence-corrected chi connectivity index (χ4v) is 4.04. The molecule has 0 aromatic heterocycles. The Hall–Kier alpha value is -1.85. The lowest BCUT2D eigenvalue weighted by atomic mass is 9.95. The predicted octanol–water partition coefficient (Wildman–Crippen LogP) is 7.15. The van der Waals surface area contributed by atoms with E-state index in [9.17, 15) is 13.2 Å². The van der Waals surface area contributed by atoms with Crippen LogP contribution in [0.5, 0.6) is 0 Å². The first-order valence-corrected chi connectivity index (χ1v) is 11.0. The fraction of sp³-hybridized carbons (Fsp3) is 0.520. The van der Waals surface area contributed by atoms with Crippen LogP contribution in [0.3, 0.4) is 0 Å². The Labute approximate surface area is 177 Å². The molecule has 1 aliphatic rings. The molecular weight excluding hydrogens is 389 g/mol. The zero-order valence-electron chi connectivity index (χ0n) is 17.9. The van der Waals surface area contributed by atoms with Gasteiger partial charge in [-0.05, 0) is 49.8 Å². The highest BCUT2D eigenvalue weighted by Crippen LogP contribution is 2.35. The molecule has 164 valence electrons. The summed E-state index contributed by atoms with van der Waals surface area (Å²) in [6.45, 7) is 5.02. The Morgan fingerprint density at radius 3 is 2.47 bits per heavy atom. The molecule has 2 atom stereocenters. The number of unbranched alkanes of at least 4 members (excludes halogenated alkanes) is 3. The van der Waals surface area contributed by atoms with Gasteiger partial charge in [-0.15, -0.1) is 0 Å². The van der Waals surface area contributed by atoms with Gasteiger partial charge in [-0.2, -0.15) is 0 Å². The first-order chi connectivity index (χ1) is 14.5. The van der Waals surface area contributed by atoms with E-state index in [-0.39, 0.29) is 23.0 Å². The summed E-state index contributed by atoms with van der Waals surface area (Å²) >= 11 is 0. The highest BCUT2D eigenvalue weighted by atomic mass is 19.2. The van der Waals surface area contributed by atoms with Crippen LogP contribution in [0.1, 0.15) is 69.6 Å². The average Bonchev–Trinajstić information content (AvgIpc) is 2.75. The van der Waals surface area contributed by atoms with Gasteiger partial charge in [0.1, 0.15) is 5.82 Å². The number of benzene rings is 2. The predicted molar refractivity (Wildman–Crippen MR) is 113 cm³/mol. The molecule has 1 aliphatic heterocycles. The number of ether oxygens (including phenoxy) is 2. The summed E-state index contributed by atoms with van der Waals surface area (Å²) in [6, 6.07) is 7.72. The van der Waals surface area contributed by atoms with Crippen LogP contribution in [-0.4, -0.2) is 19.3 Å². The summed E-state index contributed by atoms with van der Waals surface area (Å²) in [7, 11) is 0. The van der Waals surface area contributed by atoms with E-state index >= 15 is 0 Å². The van der Waals surface area contributed by atoms with Gasteiger partial charge in [-0.3, -0.25) is 0 Å². The largest absolute Gasteiger partial charge is 0.376 e. The Morgan fingerprint density at radius 1 is 0.967 bits per heavy atom. The number of hydrogen-bond donors (Lipinski definition) is 0. The summed E-state index contributed by atoms with van der Waals surface area (Å²) in [5.41, 5.74) is 1.23. The van der Waals surface area contributed by atoms with Crippen LogP contribution in [0.25, 0.3) is 11.1 Å². The van der Waals surface area contributed by atoms with Gasteiger partial charge in [0, 0.05) is 17.7 Å². The highest BCUT2D eigenvalue weighted by molar-refractivity contribution is 5.65. The zero-order valence-corrected chi connectivity index (χ0v) is 17.9. The van der Waals surface area contributed by atoms with Crippen molar-refractivity contribution in [3.05, 3.63) is 58.9 Å². The molecule has 1 saturated heterocycles. The molecule has 0 amide bonds. The molecule has 0 aliphatic carbocycles. The van der Waals surface area contributed by atoms with Gasteiger partial charge in [0.05, 0.1) is 18.8 Å². The fourth-order valence-electron chi connectivity index (χ4n) is 4.04. The summed E-state index contributed by atoms with van der Waals surface area (Å²) < 4.78 is 55.4. The number of hydrogen-bond acceptors (Lipinski definition) is 2. The van der Waals surface area contributed by atoms with Crippen molar-refractivity contribution in [2.24, 2.45) is 0 Å². The summed E-state index contributed by atoms with van der Waals surface area (Å²) in [5, 5.41) is 0. The van der Waals surface area contributed by atoms with Gasteiger partial charge < -0.3 is 9.47 Å². The maximum Gasteiger partial charge on any atom is 0.167 e. The van der Waals surface area contributed by atoms with Crippen molar-refractivity contribution in [2.45, 2.75) is 71.0 Å². The van der Waals surface area contributed by atoms with Crippen LogP contribution in [0, 0.1) is 17.5 Å². The summed E-state index contributed by atoms with van der Waals surface area (Å²) in [5.74, 6) is -2.25. The minimum absolute atomic E-state index is 0.00175. The average molecular weight is 421 g/mol. The molecule has 3 rings (SSSR count). The first kappa shape index (κ1) is 22.8. The number of rotatable bonds is 9. The molecule has 1 fully saturated rings. The van der Waals surface area contributed by atoms with E-state index in [1.807, 2.05) is 6.92 Å². The van der Waals surface area contributed by atoms with Crippen LogP contribution in [-0.2, 0) is 15.9 Å². The zero-order chi connectivity index (χ0) is 21.5. The SMILES string of the molecule is CCCCCCc1ccc(-c2ccc(C3CCC(OCC)CO3)c(F)c2F)cc1F. The molecule has 1 heterocycles. The van der Waals surface area contributed by atoms with E-state index in [0.29, 0.717) is 37.2 Å². The molecule has 0 radical (unpaired) electrons. The Kier molecular flexibility index (Phi) is 8.34. The molecule has 2 aromatic rings. The lowest BCUT2D eigenvalue weighted by Crippen LogP contribution is -2.28. The topological polar surface area (TPSA) is 18.5 Å². The summed E-state index contributed by atoms with van der Waals surface area (Å²) in [4.78, 5) is 0. The van der Waals surface area contributed by atoms with Gasteiger partial charge in [-0.25, -0.2) is 13.2 Å². The number of halogens is 3. The van der Waals surface area contributed by atoms with Gasteiger partial charge in [0.2, 0.25) is 0 Å². The molecule has 2 nitrogen and oxygen atoms in total. The maximum atomic E-state index is 14.8. The molecular formula is C25H31F3O2. The molecule has 0 N–H and O–H groups in total. The van der Waals surface area contributed by atoms with Crippen molar-refractivity contribution < 1.29 is 22.6 Å². The van der Waals surface area contributed by atoms with E-state index < -0.39 is 17.7 Å². The Morgan fingerprint density at radius 2 is 1.80 bits per heavy atom. The monoisotopic (exact) mass is 420 g/mol. The van der Waals surface area contributed by atoms with Crippen molar-refractivity contribution in [3.8, 4) is 11.1 Å². The van der Waals surface area contributed by atoms with Crippen LogP contribution in [0.15, 0.2) is 30.3 Å². The minimum atomic E-state index is -0.960. The molecule has 0 saturated carbocycles. The molecule has 2 unspecified atom stereocenters. The minimum Gasteiger partial charge on any atom is -0.376 e. The van der Waals surface area contributed by atoms with Gasteiger partial charge in [0.25, 0.3) is 0 Å². The normalized spacial score (nSPS) is 19.2. The molecule has 30 heavy (non-hydrogen) atoms. The van der Waals surface area contributed by atoms with E-state index in [1.165, 1.54) is 12.1 Å². The standard InChI is InChI=1S/C25H31F3O2/c1-3-5-6-7-8-17-9-10-18(15-22(17)26)20-12-13-21(25(28)24(20)27)23-14-11-19(16-30-23)29-4-2/h9-10,12-13,15,19,23H,3-8,11,14,16H2,1-2H3. The molecule has 2 aromatic carbocycles. The van der Waals surface area contributed by atoms with Crippen molar-refractivity contribution in [3.63, 3.8) is 0 Å². The molecule has 0 bridgehead atoms. The molecule has 5 heteroatoms. The lowest BCUT2D eigenvalue weighted by molar-refractivity contribution is -0.0850. The van der Waals surface area contributed by atoms with Crippen molar-refractivity contribution in [2.75, 3.05) is 13.2 Å². The van der Waals surface area contributed by atoms with E-state index in [1.54, 1.807) is 18.2 Å². The van der Waals surface area contributed by atoms with E-state index in [2.05, 4.69) is 6.92 Å². The third kappa shape index (κ3) is 5.44.